The zero-order chi connectivity index (χ0) is 63.1. The van der Waals surface area contributed by atoms with E-state index in [9.17, 15) is 44.8 Å². The number of ether oxygens (including phenoxy) is 2. The Morgan fingerprint density at radius 3 is 1.27 bits per heavy atom. The quantitative estimate of drug-likeness (QED) is 0.0937. The van der Waals surface area contributed by atoms with Gasteiger partial charge in [-0.05, 0) is 130 Å². The van der Waals surface area contributed by atoms with Gasteiger partial charge >= 0.3 is 12.2 Å². The molecule has 0 saturated carbocycles. The van der Waals surface area contributed by atoms with Crippen molar-refractivity contribution >= 4 is 78.5 Å². The minimum absolute atomic E-state index is 0.0130. The van der Waals surface area contributed by atoms with E-state index in [0.717, 1.165) is 22.3 Å². The lowest BCUT2D eigenvalue weighted by Gasteiger charge is -2.34. The molecule has 86 heavy (non-hydrogen) atoms. The van der Waals surface area contributed by atoms with Crippen molar-refractivity contribution in [1.82, 2.24) is 48.8 Å². The van der Waals surface area contributed by atoms with E-state index in [1.165, 1.54) is 83.5 Å². The number of fused-ring (bicyclic) bond motifs is 2. The van der Waals surface area contributed by atoms with Crippen LogP contribution < -0.4 is 10.6 Å². The maximum absolute atomic E-state index is 15.4. The molecule has 22 nitrogen and oxygen atoms in total. The molecule has 6 heterocycles. The summed E-state index contributed by atoms with van der Waals surface area (Å²) in [4.78, 5) is 101. The van der Waals surface area contributed by atoms with Crippen molar-refractivity contribution < 1.29 is 63.9 Å². The van der Waals surface area contributed by atoms with E-state index in [1.807, 2.05) is 0 Å². The van der Waals surface area contributed by atoms with Crippen LogP contribution in [0.4, 0.5) is 18.4 Å². The van der Waals surface area contributed by atoms with Gasteiger partial charge in [0.15, 0.2) is 0 Å². The summed E-state index contributed by atoms with van der Waals surface area (Å²) in [5.74, 6) is -4.49. The average molecular weight is 1270 g/mol. The van der Waals surface area contributed by atoms with Gasteiger partial charge < -0.3 is 29.9 Å². The van der Waals surface area contributed by atoms with Crippen molar-refractivity contribution in [2.75, 3.05) is 52.8 Å². The zero-order valence-corrected chi connectivity index (χ0v) is 53.7. The highest BCUT2D eigenvalue weighted by Gasteiger charge is 2.56. The maximum Gasteiger partial charge on any atom is 0.410 e. The number of carbonyl (C=O) groups is 6. The van der Waals surface area contributed by atoms with E-state index in [1.54, 1.807) is 86.4 Å². The first-order chi connectivity index (χ1) is 40.1. The molecule has 10 atom stereocenters. The van der Waals surface area contributed by atoms with Gasteiger partial charge in [-0.1, -0.05) is 12.8 Å². The number of halogens is 2. The number of likely N-dealkylation sites (tertiary alicyclic amines) is 2. The number of amides is 6. The van der Waals surface area contributed by atoms with Gasteiger partial charge in [-0.25, -0.2) is 45.2 Å². The number of aromatic nitrogens is 2. The SMILES string of the molecule is C[C@@H](C(=O)NC(CCCCC(NC(=O)[C@H](C)N(C)C(=O)OC(C)(C)C)C(=O)N1CC[C@@H]2[C@H]1[C@@H](c1csc(-c3ccc(F)cc3)n1)CN2S(C)(=O)=O)C(=O)N1CC[C@@H]2[C@H]1[C@@H](c1csc(-c3ccc(F)cc3)n1)CN2S(C)(=O)=O)N(C)C(=O)OC(C)(C)C. The van der Waals surface area contributed by atoms with Gasteiger partial charge in [0.2, 0.25) is 43.7 Å². The summed E-state index contributed by atoms with van der Waals surface area (Å²) < 4.78 is 95.4. The minimum atomic E-state index is -3.81. The number of nitrogens with zero attached hydrogens (tertiary/aromatic N) is 8. The standard InChI is InChI=1S/C58H78F2N10O12S4/c1-33(65(9)55(75)81-57(3,4)5)49(71)61-41(53(73)67-27-25-45-47(67)39(29-69(45)85(11,77)78)43-31-83-51(63-43)35-17-21-37(59)22-18-35)15-13-14-16-42(62-50(72)34(2)66(10)56(76)82-58(6,7)8)54(74)68-28-26-46-48(68)40(30-70(46)86(12,79)80)44-32-84-52(64-44)36-19-23-38(60)24-20-36/h17-24,31-34,39-42,45-48H,13-16,25-30H2,1-12H3,(H,61,71)(H,62,72)/t33-,34-,39+,40+,41?,42?,45+,46+,47+,48+/m0/s1. The fourth-order valence-electron chi connectivity index (χ4n) is 11.8. The Kier molecular flexibility index (Phi) is 19.8. The number of nitrogens with one attached hydrogen (secondary N) is 2. The van der Waals surface area contributed by atoms with Crippen LogP contribution in [0.1, 0.15) is 117 Å². The third kappa shape index (κ3) is 15.0. The van der Waals surface area contributed by atoms with Gasteiger partial charge in [0.05, 0.1) is 36.0 Å². The summed E-state index contributed by atoms with van der Waals surface area (Å²) in [6.45, 7) is 13.3. The highest BCUT2D eigenvalue weighted by Crippen LogP contribution is 2.45. The number of rotatable bonds is 19. The van der Waals surface area contributed by atoms with Crippen molar-refractivity contribution in [3.05, 3.63) is 82.3 Å². The molecule has 4 fully saturated rings. The Morgan fingerprint density at radius 2 is 0.953 bits per heavy atom. The van der Waals surface area contributed by atoms with Crippen LogP contribution in [0.25, 0.3) is 21.1 Å². The second-order valence-electron chi connectivity index (χ2n) is 24.7. The molecular formula is C58H78F2N10O12S4. The van der Waals surface area contributed by atoms with E-state index >= 15 is 9.59 Å². The summed E-state index contributed by atoms with van der Waals surface area (Å²) in [7, 11) is -4.83. The van der Waals surface area contributed by atoms with Gasteiger partial charge in [0, 0.05) is 86.1 Å². The molecule has 4 saturated heterocycles. The van der Waals surface area contributed by atoms with Crippen LogP contribution in [0.3, 0.4) is 0 Å². The predicted molar refractivity (Wildman–Crippen MR) is 321 cm³/mol. The zero-order valence-electron chi connectivity index (χ0n) is 50.5. The molecule has 0 aliphatic carbocycles. The van der Waals surface area contributed by atoms with Crippen molar-refractivity contribution in [3.63, 3.8) is 0 Å². The molecule has 8 rings (SSSR count). The number of hydrogen-bond acceptors (Lipinski definition) is 16. The van der Waals surface area contributed by atoms with Gasteiger partial charge in [0.1, 0.15) is 57.0 Å². The van der Waals surface area contributed by atoms with E-state index in [4.69, 9.17) is 19.4 Å². The minimum Gasteiger partial charge on any atom is -0.444 e. The normalized spacial score (nSPS) is 22.3. The molecule has 0 radical (unpaired) electrons. The Morgan fingerprint density at radius 1 is 0.616 bits per heavy atom. The Bertz CT molecular complexity index is 3170. The summed E-state index contributed by atoms with van der Waals surface area (Å²) in [5.41, 5.74) is 0.577. The Hall–Kier alpha value is -6.20. The number of hydrogen-bond donors (Lipinski definition) is 2. The summed E-state index contributed by atoms with van der Waals surface area (Å²) in [6, 6.07) is 4.07. The van der Waals surface area contributed by atoms with Crippen LogP contribution in [-0.4, -0.2) is 203 Å². The number of thiazole rings is 2. The molecule has 2 unspecified atom stereocenters. The molecule has 28 heteroatoms. The molecular weight excluding hydrogens is 1190 g/mol. The number of benzene rings is 2. The maximum atomic E-state index is 15.4. The topological polar surface area (TPSA) is 258 Å². The van der Waals surface area contributed by atoms with Crippen LogP contribution in [0, 0.1) is 11.6 Å². The molecule has 0 spiro atoms. The lowest BCUT2D eigenvalue weighted by atomic mass is 9.95. The summed E-state index contributed by atoms with van der Waals surface area (Å²) >= 11 is 2.59. The average Bonchev–Trinajstić information content (AvgIpc) is 2.26. The first-order valence-electron chi connectivity index (χ1n) is 28.6. The van der Waals surface area contributed by atoms with E-state index < -0.39 is 139 Å². The van der Waals surface area contributed by atoms with Gasteiger partial charge in [-0.15, -0.1) is 22.7 Å². The second kappa shape index (κ2) is 25.9. The molecule has 4 aromatic rings. The third-order valence-corrected chi connectivity index (χ3v) is 20.7. The summed E-state index contributed by atoms with van der Waals surface area (Å²) in [6.07, 6.45) is 1.47. The summed E-state index contributed by atoms with van der Waals surface area (Å²) in [5, 5.41) is 10.5. The van der Waals surface area contributed by atoms with Crippen LogP contribution in [0.5, 0.6) is 0 Å². The molecule has 4 aliphatic heterocycles. The van der Waals surface area contributed by atoms with Crippen LogP contribution >= 0.6 is 22.7 Å². The third-order valence-electron chi connectivity index (χ3n) is 16.3. The molecule has 2 aromatic heterocycles. The number of unbranched alkanes of at least 4 members (excludes halogenated alkanes) is 1. The lowest BCUT2D eigenvalue weighted by molar-refractivity contribution is -0.139. The van der Waals surface area contributed by atoms with Gasteiger partial charge in [-0.2, -0.15) is 8.61 Å². The molecule has 0 bridgehead atoms. The smallest absolute Gasteiger partial charge is 0.410 e. The fourth-order valence-corrected chi connectivity index (χ4v) is 15.9. The molecule has 470 valence electrons. The predicted octanol–water partition coefficient (Wildman–Crippen LogP) is 6.61. The lowest BCUT2D eigenvalue weighted by Crippen LogP contribution is -2.56. The van der Waals surface area contributed by atoms with E-state index in [2.05, 4.69) is 10.6 Å². The van der Waals surface area contributed by atoms with E-state index in [0.29, 0.717) is 32.5 Å². The van der Waals surface area contributed by atoms with Crippen molar-refractivity contribution in [2.45, 2.75) is 165 Å². The molecule has 6 amide bonds. The fraction of sp³-hybridized carbons (Fsp3) is 0.586. The number of likely N-dealkylation sites (N-methyl/N-ethyl adjacent to an activating group) is 2. The van der Waals surface area contributed by atoms with Crippen molar-refractivity contribution in [2.24, 2.45) is 0 Å². The molecule has 2 N–H and O–H groups in total. The largest absolute Gasteiger partial charge is 0.444 e. The van der Waals surface area contributed by atoms with Gasteiger partial charge in [0.25, 0.3) is 0 Å². The first-order valence-corrected chi connectivity index (χ1v) is 34.1. The van der Waals surface area contributed by atoms with E-state index in [-0.39, 0.29) is 64.7 Å². The van der Waals surface area contributed by atoms with Gasteiger partial charge in [-0.3, -0.25) is 29.0 Å². The molecule has 4 aliphatic rings. The van der Waals surface area contributed by atoms with Crippen LogP contribution in [0.2, 0.25) is 0 Å². The van der Waals surface area contributed by atoms with Crippen LogP contribution in [-0.2, 0) is 48.7 Å². The van der Waals surface area contributed by atoms with Crippen molar-refractivity contribution in [1.29, 1.82) is 0 Å². The highest BCUT2D eigenvalue weighted by molar-refractivity contribution is 7.88. The monoisotopic (exact) mass is 1270 g/mol. The Balaban J connectivity index is 1.08. The Labute approximate surface area is 510 Å². The first kappa shape index (κ1) is 65.8. The number of sulfonamides is 2. The molecule has 2 aromatic carbocycles. The highest BCUT2D eigenvalue weighted by atomic mass is 32.2. The van der Waals surface area contributed by atoms with Crippen molar-refractivity contribution in [3.8, 4) is 21.1 Å². The number of carbonyl (C=O) groups excluding carboxylic acids is 6. The second-order valence-corrected chi connectivity index (χ2v) is 30.3. The van der Waals surface area contributed by atoms with Crippen LogP contribution in [0.15, 0.2) is 59.3 Å².